The molecule has 1 aliphatic rings. The lowest BCUT2D eigenvalue weighted by Crippen LogP contribution is -2.27. The monoisotopic (exact) mass is 445 g/mol. The summed E-state index contributed by atoms with van der Waals surface area (Å²) in [5.74, 6) is -0.126. The highest BCUT2D eigenvalue weighted by Gasteiger charge is 2.26. The highest BCUT2D eigenvalue weighted by Crippen LogP contribution is 2.21. The maximum Gasteiger partial charge on any atom is 0.290 e. The van der Waals surface area contributed by atoms with Gasteiger partial charge in [-0.05, 0) is 68.8 Å². The summed E-state index contributed by atoms with van der Waals surface area (Å²) in [7, 11) is 2.02. The number of anilines is 1. The minimum atomic E-state index is -0.250. The van der Waals surface area contributed by atoms with Gasteiger partial charge in [-0.3, -0.25) is 14.4 Å². The molecule has 1 heterocycles. The predicted octanol–water partition coefficient (Wildman–Crippen LogP) is 3.21. The minimum Gasteiger partial charge on any atom is -0.483 e. The third kappa shape index (κ3) is 7.70. The summed E-state index contributed by atoms with van der Waals surface area (Å²) in [6, 6.07) is 13.0. The van der Waals surface area contributed by atoms with Gasteiger partial charge in [0.25, 0.3) is 12.4 Å². The predicted molar refractivity (Wildman–Crippen MR) is 122 cm³/mol. The summed E-state index contributed by atoms with van der Waals surface area (Å²) >= 11 is 5.89. The van der Waals surface area contributed by atoms with Gasteiger partial charge in [-0.1, -0.05) is 29.8 Å². The fourth-order valence-electron chi connectivity index (χ4n) is 3.36. The first kappa shape index (κ1) is 24.4. The molecule has 3 rings (SSSR count). The van der Waals surface area contributed by atoms with E-state index in [2.05, 4.69) is 15.5 Å². The van der Waals surface area contributed by atoms with Crippen molar-refractivity contribution in [2.45, 2.75) is 19.8 Å². The summed E-state index contributed by atoms with van der Waals surface area (Å²) < 4.78 is 0. The van der Waals surface area contributed by atoms with Crippen molar-refractivity contribution in [2.24, 2.45) is 5.92 Å². The molecule has 2 amide bonds. The first-order valence-electron chi connectivity index (χ1n) is 10.0. The topological polar surface area (TPSA) is 98.7 Å². The summed E-state index contributed by atoms with van der Waals surface area (Å²) in [5, 5.41) is 13.5. The quantitative estimate of drug-likeness (QED) is 0.593. The van der Waals surface area contributed by atoms with Crippen LogP contribution in [0.2, 0.25) is 5.02 Å². The maximum absolute atomic E-state index is 12.5. The zero-order valence-corrected chi connectivity index (χ0v) is 18.5. The molecule has 1 fully saturated rings. The van der Waals surface area contributed by atoms with E-state index in [1.54, 1.807) is 12.1 Å². The highest BCUT2D eigenvalue weighted by molar-refractivity contribution is 6.30. The molecular formula is C23H28ClN3O4. The number of amides is 2. The molecule has 166 valence electrons. The molecule has 0 aromatic heterocycles. The minimum absolute atomic E-state index is 0.00117. The van der Waals surface area contributed by atoms with Gasteiger partial charge in [0.05, 0.1) is 5.92 Å². The van der Waals surface area contributed by atoms with Gasteiger partial charge in [0.15, 0.2) is 0 Å². The van der Waals surface area contributed by atoms with Crippen molar-refractivity contribution >= 4 is 35.6 Å². The Labute approximate surface area is 187 Å². The van der Waals surface area contributed by atoms with Crippen LogP contribution < -0.4 is 10.6 Å². The van der Waals surface area contributed by atoms with Crippen molar-refractivity contribution in [1.29, 1.82) is 0 Å². The Kier molecular flexibility index (Phi) is 9.49. The van der Waals surface area contributed by atoms with E-state index in [0.717, 1.165) is 37.1 Å². The second kappa shape index (κ2) is 12.1. The second-order valence-electron chi connectivity index (χ2n) is 7.50. The molecule has 8 heteroatoms. The SMILES string of the molecule is Cc1ccc(C(=O)NCCc2ccc(Cl)cc2)cc1NC(=O)C1CCN(C)C1.O=CO. The van der Waals surface area contributed by atoms with Crippen LogP contribution in [0.15, 0.2) is 42.5 Å². The molecule has 0 aliphatic carbocycles. The summed E-state index contributed by atoms with van der Waals surface area (Å²) in [6.07, 6.45) is 1.60. The molecule has 0 saturated carbocycles. The van der Waals surface area contributed by atoms with Crippen LogP contribution in [0.4, 0.5) is 5.69 Å². The fraction of sp³-hybridized carbons (Fsp3) is 0.348. The number of aryl methyl sites for hydroxylation is 1. The number of carbonyl (C=O) groups is 3. The molecule has 1 atom stereocenters. The Morgan fingerprint density at radius 3 is 2.52 bits per heavy atom. The third-order valence-electron chi connectivity index (χ3n) is 5.13. The van der Waals surface area contributed by atoms with Gasteiger partial charge in [0, 0.05) is 29.4 Å². The molecule has 1 saturated heterocycles. The number of hydrogen-bond donors (Lipinski definition) is 3. The fourth-order valence-corrected chi connectivity index (χ4v) is 3.48. The Morgan fingerprint density at radius 2 is 1.90 bits per heavy atom. The smallest absolute Gasteiger partial charge is 0.290 e. The number of nitrogens with one attached hydrogen (secondary N) is 2. The third-order valence-corrected chi connectivity index (χ3v) is 5.38. The van der Waals surface area contributed by atoms with Crippen molar-refractivity contribution in [3.8, 4) is 0 Å². The summed E-state index contributed by atoms with van der Waals surface area (Å²) in [5.41, 5.74) is 3.30. The molecular weight excluding hydrogens is 418 g/mol. The van der Waals surface area contributed by atoms with Crippen LogP contribution in [0.3, 0.4) is 0 Å². The Morgan fingerprint density at radius 1 is 1.23 bits per heavy atom. The van der Waals surface area contributed by atoms with Gasteiger partial charge >= 0.3 is 0 Å². The number of halogens is 1. The molecule has 31 heavy (non-hydrogen) atoms. The van der Waals surface area contributed by atoms with Gasteiger partial charge < -0.3 is 20.6 Å². The number of carboxylic acid groups (broad SMARTS) is 1. The second-order valence-corrected chi connectivity index (χ2v) is 7.94. The van der Waals surface area contributed by atoms with E-state index < -0.39 is 0 Å². The first-order valence-corrected chi connectivity index (χ1v) is 10.4. The van der Waals surface area contributed by atoms with E-state index in [1.807, 2.05) is 44.3 Å². The van der Waals surface area contributed by atoms with Crippen LogP contribution in [-0.2, 0) is 16.0 Å². The van der Waals surface area contributed by atoms with Gasteiger partial charge in [0.2, 0.25) is 5.91 Å². The van der Waals surface area contributed by atoms with Crippen molar-refractivity contribution < 1.29 is 19.5 Å². The van der Waals surface area contributed by atoms with Crippen molar-refractivity contribution in [2.75, 3.05) is 32.0 Å². The van der Waals surface area contributed by atoms with Crippen molar-refractivity contribution in [3.63, 3.8) is 0 Å². The molecule has 0 bridgehead atoms. The maximum atomic E-state index is 12.5. The number of rotatable bonds is 6. The zero-order valence-electron chi connectivity index (χ0n) is 17.7. The average molecular weight is 446 g/mol. The average Bonchev–Trinajstić information content (AvgIpc) is 3.18. The van der Waals surface area contributed by atoms with E-state index in [1.165, 1.54) is 0 Å². The number of carbonyl (C=O) groups excluding carboxylic acids is 2. The Balaban J connectivity index is 0.00000107. The van der Waals surface area contributed by atoms with Gasteiger partial charge in [-0.25, -0.2) is 0 Å². The lowest BCUT2D eigenvalue weighted by molar-refractivity contribution is -0.123. The van der Waals surface area contributed by atoms with Crippen LogP contribution in [0.25, 0.3) is 0 Å². The van der Waals surface area contributed by atoms with Gasteiger partial charge in [-0.15, -0.1) is 0 Å². The van der Waals surface area contributed by atoms with Crippen LogP contribution in [0.1, 0.15) is 27.9 Å². The van der Waals surface area contributed by atoms with E-state index in [4.69, 9.17) is 21.5 Å². The van der Waals surface area contributed by atoms with Gasteiger partial charge in [0.1, 0.15) is 0 Å². The molecule has 2 aromatic rings. The van der Waals surface area contributed by atoms with Gasteiger partial charge in [-0.2, -0.15) is 0 Å². The van der Waals surface area contributed by atoms with E-state index in [-0.39, 0.29) is 24.2 Å². The van der Waals surface area contributed by atoms with Crippen LogP contribution in [0.5, 0.6) is 0 Å². The summed E-state index contributed by atoms with van der Waals surface area (Å²) in [6.45, 7) is 3.92. The molecule has 2 aromatic carbocycles. The van der Waals surface area contributed by atoms with E-state index in [9.17, 15) is 9.59 Å². The molecule has 1 aliphatic heterocycles. The van der Waals surface area contributed by atoms with Crippen LogP contribution >= 0.6 is 11.6 Å². The van der Waals surface area contributed by atoms with Crippen LogP contribution in [0, 0.1) is 12.8 Å². The lowest BCUT2D eigenvalue weighted by atomic mass is 10.1. The van der Waals surface area contributed by atoms with E-state index in [0.29, 0.717) is 22.8 Å². The number of benzene rings is 2. The standard InChI is InChI=1S/C22H26ClN3O2.CH2O2/c1-15-3-6-17(13-20(15)25-22(28)18-10-12-26(2)14-18)21(27)24-11-9-16-4-7-19(23)8-5-16;2-1-3/h3-8,13,18H,9-12,14H2,1-2H3,(H,24,27)(H,25,28);1H,(H,2,3). The van der Waals surface area contributed by atoms with Crippen molar-refractivity contribution in [1.82, 2.24) is 10.2 Å². The molecule has 1 unspecified atom stereocenters. The number of likely N-dealkylation sites (tertiary alicyclic amines) is 1. The Bertz CT molecular complexity index is 902. The normalized spacial score (nSPS) is 15.5. The van der Waals surface area contributed by atoms with Crippen LogP contribution in [-0.4, -0.2) is 55.0 Å². The molecule has 3 N–H and O–H groups in total. The zero-order chi connectivity index (χ0) is 22.8. The van der Waals surface area contributed by atoms with Crippen molar-refractivity contribution in [3.05, 3.63) is 64.2 Å². The lowest BCUT2D eigenvalue weighted by Gasteiger charge is -2.14. The summed E-state index contributed by atoms with van der Waals surface area (Å²) in [4.78, 5) is 35.5. The number of nitrogens with zero attached hydrogens (tertiary/aromatic N) is 1. The molecule has 0 radical (unpaired) electrons. The molecule has 0 spiro atoms. The number of hydrogen-bond acceptors (Lipinski definition) is 4. The Hall–Kier alpha value is -2.90. The molecule has 7 nitrogen and oxygen atoms in total. The highest BCUT2D eigenvalue weighted by atomic mass is 35.5. The largest absolute Gasteiger partial charge is 0.483 e. The first-order chi connectivity index (χ1) is 14.8. The van der Waals surface area contributed by atoms with E-state index >= 15 is 0 Å².